The first-order valence-corrected chi connectivity index (χ1v) is 10.1. The first-order valence-electron chi connectivity index (χ1n) is 6.64. The van der Waals surface area contributed by atoms with Crippen LogP contribution in [0.1, 0.15) is 30.7 Å². The average Bonchev–Trinajstić information content (AvgIpc) is 2.34. The fraction of sp³-hybridized carbons (Fsp3) is 0.438. The molecule has 0 aliphatic heterocycles. The van der Waals surface area contributed by atoms with Crippen LogP contribution < -0.4 is 0 Å². The molecule has 18 heavy (non-hydrogen) atoms. The topological polar surface area (TPSA) is 17.1 Å². The van der Waals surface area contributed by atoms with Gasteiger partial charge >= 0.3 is 0 Å². The van der Waals surface area contributed by atoms with Crippen molar-refractivity contribution in [2.75, 3.05) is 0 Å². The lowest BCUT2D eigenvalue weighted by atomic mass is 9.91. The molecule has 2 heteroatoms. The van der Waals surface area contributed by atoms with Crippen LogP contribution >= 0.6 is 0 Å². The predicted molar refractivity (Wildman–Crippen MR) is 81.6 cm³/mol. The van der Waals surface area contributed by atoms with Gasteiger partial charge in [0, 0.05) is 6.42 Å². The predicted octanol–water partition coefficient (Wildman–Crippen LogP) is 4.57. The van der Waals surface area contributed by atoms with Crippen molar-refractivity contribution in [2.24, 2.45) is 0 Å². The van der Waals surface area contributed by atoms with Crippen LogP contribution in [0.5, 0.6) is 0 Å². The molecule has 0 heterocycles. The normalized spacial score (nSPS) is 13.1. The monoisotopic (exact) mass is 260 g/mol. The van der Waals surface area contributed by atoms with Crippen molar-refractivity contribution in [2.45, 2.75) is 44.8 Å². The van der Waals surface area contributed by atoms with Gasteiger partial charge in [-0.05, 0) is 24.3 Å². The van der Waals surface area contributed by atoms with Crippen molar-refractivity contribution in [1.29, 1.82) is 0 Å². The van der Waals surface area contributed by atoms with Gasteiger partial charge in [-0.15, -0.1) is 6.58 Å². The van der Waals surface area contributed by atoms with E-state index in [0.717, 1.165) is 12.8 Å². The summed E-state index contributed by atoms with van der Waals surface area (Å²) in [6.45, 7) is 10.2. The van der Waals surface area contributed by atoms with E-state index in [1.165, 1.54) is 5.56 Å². The Morgan fingerprint density at radius 3 is 2.39 bits per heavy atom. The van der Waals surface area contributed by atoms with E-state index < -0.39 is 8.07 Å². The van der Waals surface area contributed by atoms with Crippen molar-refractivity contribution in [3.05, 3.63) is 48.6 Å². The van der Waals surface area contributed by atoms with Gasteiger partial charge in [0.15, 0.2) is 0 Å². The quantitative estimate of drug-likeness (QED) is 0.518. The second-order valence-electron chi connectivity index (χ2n) is 5.84. The molecule has 0 aliphatic rings. The van der Waals surface area contributed by atoms with E-state index in [9.17, 15) is 4.79 Å². The highest BCUT2D eigenvalue weighted by Crippen LogP contribution is 2.26. The highest BCUT2D eigenvalue weighted by Gasteiger charge is 2.24. The summed E-state index contributed by atoms with van der Waals surface area (Å²) in [6, 6.07) is 10.4. The van der Waals surface area contributed by atoms with E-state index in [0.29, 0.717) is 17.7 Å². The zero-order valence-electron chi connectivity index (χ0n) is 11.8. The van der Waals surface area contributed by atoms with E-state index >= 15 is 0 Å². The van der Waals surface area contributed by atoms with Crippen LogP contribution in [-0.4, -0.2) is 13.5 Å². The fourth-order valence-electron chi connectivity index (χ4n) is 2.03. The number of carbonyl (C=O) groups excluding carboxylic acids is 1. The molecule has 1 unspecified atom stereocenters. The van der Waals surface area contributed by atoms with Gasteiger partial charge in [0.1, 0.15) is 13.5 Å². The molecule has 1 nitrogen and oxygen atoms in total. The summed E-state index contributed by atoms with van der Waals surface area (Å²) < 4.78 is 0. The highest BCUT2D eigenvalue weighted by atomic mass is 28.3. The lowest BCUT2D eigenvalue weighted by molar-refractivity contribution is -0.112. The second-order valence-corrected chi connectivity index (χ2v) is 10.9. The molecule has 0 fully saturated rings. The van der Waals surface area contributed by atoms with Crippen molar-refractivity contribution in [3.63, 3.8) is 0 Å². The van der Waals surface area contributed by atoms with Gasteiger partial charge in [-0.2, -0.15) is 0 Å². The lowest BCUT2D eigenvalue weighted by Gasteiger charge is -2.18. The Labute approximate surface area is 112 Å². The summed E-state index contributed by atoms with van der Waals surface area (Å²) in [5.41, 5.74) is 1.32. The molecule has 1 atom stereocenters. The first kappa shape index (κ1) is 14.9. The van der Waals surface area contributed by atoms with Crippen LogP contribution in [0.3, 0.4) is 0 Å². The number of hydrogen-bond acceptors (Lipinski definition) is 1. The Morgan fingerprint density at radius 2 is 1.89 bits per heavy atom. The molecule has 1 rings (SSSR count). The minimum Gasteiger partial charge on any atom is -0.305 e. The van der Waals surface area contributed by atoms with Gasteiger partial charge in [-0.25, -0.2) is 0 Å². The molecular formula is C16H24OSi. The Hall–Kier alpha value is -1.15. The third-order valence-electron chi connectivity index (χ3n) is 3.28. The maximum absolute atomic E-state index is 12.0. The van der Waals surface area contributed by atoms with E-state index in [2.05, 4.69) is 50.5 Å². The van der Waals surface area contributed by atoms with Crippen LogP contribution in [0.4, 0.5) is 0 Å². The SMILES string of the molecule is C=CCC(CCC(=O)[Si](C)(C)C)c1ccccc1. The molecule has 0 radical (unpaired) electrons. The molecule has 0 aromatic heterocycles. The van der Waals surface area contributed by atoms with Gasteiger partial charge in [-0.3, -0.25) is 0 Å². The Morgan fingerprint density at radius 1 is 1.28 bits per heavy atom. The van der Waals surface area contributed by atoms with Gasteiger partial charge in [0.2, 0.25) is 0 Å². The van der Waals surface area contributed by atoms with Crippen molar-refractivity contribution < 1.29 is 4.79 Å². The molecule has 0 saturated heterocycles. The zero-order chi connectivity index (χ0) is 13.6. The molecule has 1 aromatic rings. The van der Waals surface area contributed by atoms with E-state index in [1.54, 1.807) is 0 Å². The standard InChI is InChI=1S/C16H24OSi/c1-5-9-14(15-10-7-6-8-11-15)12-13-16(17)18(2,3)4/h5-8,10-11,14H,1,9,12-13H2,2-4H3. The Kier molecular flexibility index (Phi) is 5.54. The third kappa shape index (κ3) is 4.61. The average molecular weight is 260 g/mol. The van der Waals surface area contributed by atoms with Gasteiger partial charge in [0.25, 0.3) is 0 Å². The molecule has 1 aromatic carbocycles. The number of hydrogen-bond donors (Lipinski definition) is 0. The smallest absolute Gasteiger partial charge is 0.123 e. The number of allylic oxidation sites excluding steroid dienone is 1. The molecule has 0 N–H and O–H groups in total. The van der Waals surface area contributed by atoms with Crippen LogP contribution in [0.25, 0.3) is 0 Å². The van der Waals surface area contributed by atoms with E-state index in [1.807, 2.05) is 12.1 Å². The van der Waals surface area contributed by atoms with Gasteiger partial charge in [-0.1, -0.05) is 56.0 Å². The van der Waals surface area contributed by atoms with E-state index in [-0.39, 0.29) is 0 Å². The van der Waals surface area contributed by atoms with Gasteiger partial charge in [0.05, 0.1) is 0 Å². The lowest BCUT2D eigenvalue weighted by Crippen LogP contribution is -2.33. The van der Waals surface area contributed by atoms with Crippen LogP contribution in [0, 0.1) is 0 Å². The van der Waals surface area contributed by atoms with Crippen molar-refractivity contribution in [3.8, 4) is 0 Å². The minimum absolute atomic E-state index is 0.434. The fourth-order valence-corrected chi connectivity index (χ4v) is 2.92. The molecule has 98 valence electrons. The van der Waals surface area contributed by atoms with Crippen LogP contribution in [0.2, 0.25) is 19.6 Å². The van der Waals surface area contributed by atoms with Crippen molar-refractivity contribution in [1.82, 2.24) is 0 Å². The summed E-state index contributed by atoms with van der Waals surface area (Å²) in [6.07, 6.45) is 4.56. The summed E-state index contributed by atoms with van der Waals surface area (Å²) >= 11 is 0. The molecule has 0 saturated carbocycles. The molecule has 0 aliphatic carbocycles. The summed E-state index contributed by atoms with van der Waals surface area (Å²) in [5.74, 6) is 0.434. The Balaban J connectivity index is 2.65. The third-order valence-corrected chi connectivity index (χ3v) is 5.20. The maximum Gasteiger partial charge on any atom is 0.123 e. The zero-order valence-corrected chi connectivity index (χ0v) is 12.8. The highest BCUT2D eigenvalue weighted by molar-refractivity contribution is 7.03. The molecule has 0 amide bonds. The van der Waals surface area contributed by atoms with Crippen LogP contribution in [0.15, 0.2) is 43.0 Å². The largest absolute Gasteiger partial charge is 0.305 e. The molecular weight excluding hydrogens is 236 g/mol. The Bertz CT molecular complexity index is 389. The first-order chi connectivity index (χ1) is 8.45. The summed E-state index contributed by atoms with van der Waals surface area (Å²) in [5, 5.41) is 0.479. The maximum atomic E-state index is 12.0. The van der Waals surface area contributed by atoms with Crippen LogP contribution in [-0.2, 0) is 4.79 Å². The summed E-state index contributed by atoms with van der Waals surface area (Å²) in [4.78, 5) is 12.0. The van der Waals surface area contributed by atoms with Gasteiger partial charge < -0.3 is 4.79 Å². The van der Waals surface area contributed by atoms with E-state index in [4.69, 9.17) is 0 Å². The number of carbonyl (C=O) groups is 1. The summed E-state index contributed by atoms with van der Waals surface area (Å²) in [7, 11) is -1.62. The number of rotatable bonds is 7. The van der Waals surface area contributed by atoms with Crippen molar-refractivity contribution >= 4 is 13.5 Å². The molecule has 0 bridgehead atoms. The second kappa shape index (κ2) is 6.69. The number of benzene rings is 1. The molecule has 0 spiro atoms. The minimum atomic E-state index is -1.62.